The molecule has 3 heterocycles. The number of halogens is 10. The quantitative estimate of drug-likeness (QED) is 0.117. The van der Waals surface area contributed by atoms with Crippen LogP contribution in [0.1, 0.15) is 29.8 Å². The largest absolute Gasteiger partial charge is 0.673 e. The molecule has 0 spiro atoms. The minimum Gasteiger partial charge on any atom is -0.418 e. The number of fused-ring (bicyclic) bond motifs is 3. The SMILES string of the molecule is F[B-](F)(F)F.F[B-](F)(F)F.F[C@@H](CC(c1ccccc1)[N+]12CC[N+](CCl)(CC1)CC2)c1ccccc1. The molecule has 3 fully saturated rings. The summed E-state index contributed by atoms with van der Waals surface area (Å²) in [4.78, 5) is 0. The van der Waals surface area contributed by atoms with Crippen LogP contribution in [0.15, 0.2) is 60.7 Å². The van der Waals surface area contributed by atoms with Crippen LogP contribution in [0.5, 0.6) is 0 Å². The summed E-state index contributed by atoms with van der Waals surface area (Å²) in [5, 5.41) is 0. The first-order valence-electron chi connectivity index (χ1n) is 11.4. The fourth-order valence-corrected chi connectivity index (χ4v) is 5.26. The molecule has 2 aromatic carbocycles. The zero-order valence-electron chi connectivity index (χ0n) is 19.4. The van der Waals surface area contributed by atoms with Gasteiger partial charge in [-0.15, -0.1) is 0 Å². The molecule has 2 bridgehead atoms. The molecular formula is C22H28B2ClF9N2. The average molecular weight is 549 g/mol. The molecule has 0 aliphatic carbocycles. The van der Waals surface area contributed by atoms with E-state index in [9.17, 15) is 34.5 Å². The van der Waals surface area contributed by atoms with Crippen LogP contribution in [0.4, 0.5) is 38.9 Å². The first-order valence-corrected chi connectivity index (χ1v) is 12.0. The Morgan fingerprint density at radius 1 is 0.639 bits per heavy atom. The molecule has 0 N–H and O–H groups in total. The van der Waals surface area contributed by atoms with Crippen molar-refractivity contribution >= 4 is 26.1 Å². The van der Waals surface area contributed by atoms with Crippen LogP contribution < -0.4 is 0 Å². The molecule has 2 aromatic rings. The van der Waals surface area contributed by atoms with Gasteiger partial charge in [0, 0.05) is 12.0 Å². The number of hydrogen-bond donors (Lipinski definition) is 0. The molecule has 5 rings (SSSR count). The van der Waals surface area contributed by atoms with Crippen LogP contribution in [-0.4, -0.2) is 68.7 Å². The van der Waals surface area contributed by atoms with Crippen molar-refractivity contribution in [3.8, 4) is 0 Å². The maximum Gasteiger partial charge on any atom is 0.673 e. The summed E-state index contributed by atoms with van der Waals surface area (Å²) < 4.78 is 95.3. The Bertz CT molecular complexity index is 869. The molecule has 2 nitrogen and oxygen atoms in total. The zero-order chi connectivity index (χ0) is 27.0. The van der Waals surface area contributed by atoms with Crippen molar-refractivity contribution in [2.75, 3.05) is 45.3 Å². The number of benzene rings is 2. The fraction of sp³-hybridized carbons (Fsp3) is 0.455. The Hall–Kier alpha value is -1.85. The molecule has 3 aliphatic rings. The van der Waals surface area contributed by atoms with Gasteiger partial charge in [-0.2, -0.15) is 0 Å². The Morgan fingerprint density at radius 3 is 1.36 bits per heavy atom. The third-order valence-electron chi connectivity index (χ3n) is 6.75. The molecule has 3 saturated heterocycles. The van der Waals surface area contributed by atoms with Gasteiger partial charge in [0.1, 0.15) is 51.5 Å². The maximum absolute atomic E-state index is 15.3. The standard InChI is InChI=1S/C22H28ClFN2.2BF4/c23-18-25-11-14-26(15-12-25,16-13-25)22(20-9-5-2-6-10-20)17-21(24)19-7-3-1-4-8-19;2*2-1(3,4)5/h1-10,21-22H,11-18H2;;/q+2;2*-1/t21-,22?,25?,26?;;/m0../s1. The summed E-state index contributed by atoms with van der Waals surface area (Å²) >= 11 is 6.27. The van der Waals surface area contributed by atoms with E-state index in [0.717, 1.165) is 53.8 Å². The summed E-state index contributed by atoms with van der Waals surface area (Å²) in [6.45, 7) is 6.68. The van der Waals surface area contributed by atoms with Crippen LogP contribution >= 0.6 is 11.6 Å². The van der Waals surface area contributed by atoms with Gasteiger partial charge in [0.05, 0.1) is 0 Å². The monoisotopic (exact) mass is 548 g/mol. The normalized spacial score (nSPS) is 25.1. The van der Waals surface area contributed by atoms with E-state index in [2.05, 4.69) is 24.3 Å². The third-order valence-corrected chi connectivity index (χ3v) is 7.26. The second-order valence-corrected chi connectivity index (χ2v) is 9.29. The maximum atomic E-state index is 15.3. The molecule has 202 valence electrons. The van der Waals surface area contributed by atoms with E-state index in [1.54, 1.807) is 0 Å². The number of rotatable bonds is 6. The van der Waals surface area contributed by atoms with Crippen molar-refractivity contribution in [3.05, 3.63) is 71.8 Å². The Balaban J connectivity index is 0.000000389. The zero-order valence-corrected chi connectivity index (χ0v) is 20.2. The van der Waals surface area contributed by atoms with Crippen LogP contribution in [-0.2, 0) is 0 Å². The van der Waals surface area contributed by atoms with Crippen LogP contribution in [0, 0.1) is 0 Å². The fourth-order valence-electron chi connectivity index (χ4n) is 4.90. The first kappa shape index (κ1) is 30.4. The first-order chi connectivity index (χ1) is 16.7. The van der Waals surface area contributed by atoms with E-state index < -0.39 is 20.7 Å². The summed E-state index contributed by atoms with van der Waals surface area (Å²) in [6.07, 6.45) is -0.375. The van der Waals surface area contributed by atoms with Crippen molar-refractivity contribution in [2.24, 2.45) is 0 Å². The lowest BCUT2D eigenvalue weighted by molar-refractivity contribution is -1.09. The number of nitrogens with zero attached hydrogens (tertiary/aromatic N) is 2. The lowest BCUT2D eigenvalue weighted by Crippen LogP contribution is -2.75. The lowest BCUT2D eigenvalue weighted by atomic mass is 9.91. The third kappa shape index (κ3) is 9.89. The molecule has 2 atom stereocenters. The van der Waals surface area contributed by atoms with E-state index in [4.69, 9.17) is 11.6 Å². The number of quaternary nitrogens is 2. The summed E-state index contributed by atoms with van der Waals surface area (Å²) in [5.41, 5.74) is 2.07. The lowest BCUT2D eigenvalue weighted by Gasteiger charge is -2.57. The Labute approximate surface area is 210 Å². The number of piperazine rings is 3. The highest BCUT2D eigenvalue weighted by molar-refractivity contribution is 6.50. The van der Waals surface area contributed by atoms with Crippen LogP contribution in [0.25, 0.3) is 0 Å². The summed E-state index contributed by atoms with van der Waals surface area (Å²) in [6, 6.07) is 21.1. The van der Waals surface area contributed by atoms with Gasteiger partial charge in [-0.25, -0.2) is 4.39 Å². The molecule has 0 aromatic heterocycles. The van der Waals surface area contributed by atoms with Gasteiger partial charge in [-0.3, -0.25) is 4.48 Å². The highest BCUT2D eigenvalue weighted by Crippen LogP contribution is 2.42. The van der Waals surface area contributed by atoms with Gasteiger partial charge in [0.15, 0.2) is 6.00 Å². The molecule has 14 heteroatoms. The molecular weight excluding hydrogens is 520 g/mol. The van der Waals surface area contributed by atoms with E-state index in [-0.39, 0.29) is 6.04 Å². The molecule has 0 saturated carbocycles. The van der Waals surface area contributed by atoms with Gasteiger partial charge < -0.3 is 39.0 Å². The van der Waals surface area contributed by atoms with E-state index in [1.807, 2.05) is 36.4 Å². The van der Waals surface area contributed by atoms with Gasteiger partial charge in [0.25, 0.3) is 0 Å². The predicted molar refractivity (Wildman–Crippen MR) is 125 cm³/mol. The van der Waals surface area contributed by atoms with Gasteiger partial charge >= 0.3 is 14.5 Å². The predicted octanol–water partition coefficient (Wildman–Crippen LogP) is 7.29. The van der Waals surface area contributed by atoms with Crippen molar-refractivity contribution in [1.82, 2.24) is 0 Å². The topological polar surface area (TPSA) is 0 Å². The second-order valence-electron chi connectivity index (χ2n) is 9.05. The van der Waals surface area contributed by atoms with E-state index in [1.165, 1.54) is 5.56 Å². The van der Waals surface area contributed by atoms with Gasteiger partial charge in [-0.1, -0.05) is 72.3 Å². The van der Waals surface area contributed by atoms with Gasteiger partial charge in [-0.05, 0) is 5.56 Å². The molecule has 0 amide bonds. The Morgan fingerprint density at radius 2 is 1.00 bits per heavy atom. The highest BCUT2D eigenvalue weighted by Gasteiger charge is 2.52. The molecule has 3 aliphatic heterocycles. The smallest absolute Gasteiger partial charge is 0.418 e. The van der Waals surface area contributed by atoms with Crippen molar-refractivity contribution < 1.29 is 47.9 Å². The number of alkyl halides is 2. The van der Waals surface area contributed by atoms with Crippen molar-refractivity contribution in [1.29, 1.82) is 0 Å². The van der Waals surface area contributed by atoms with E-state index >= 15 is 4.39 Å². The van der Waals surface area contributed by atoms with Crippen molar-refractivity contribution in [2.45, 2.75) is 18.6 Å². The molecule has 36 heavy (non-hydrogen) atoms. The van der Waals surface area contributed by atoms with E-state index in [0.29, 0.717) is 12.4 Å². The number of hydrogen-bond acceptors (Lipinski definition) is 0. The highest BCUT2D eigenvalue weighted by atomic mass is 35.5. The van der Waals surface area contributed by atoms with Crippen LogP contribution in [0.3, 0.4) is 0 Å². The minimum atomic E-state index is -6.00. The Kier molecular flexibility index (Phi) is 10.6. The molecule has 1 unspecified atom stereocenters. The summed E-state index contributed by atoms with van der Waals surface area (Å²) in [7, 11) is -12.0. The molecule has 0 radical (unpaired) electrons. The minimum absolute atomic E-state index is 0.212. The summed E-state index contributed by atoms with van der Waals surface area (Å²) in [5.74, 6) is 0. The second kappa shape index (κ2) is 12.6. The average Bonchev–Trinajstić information content (AvgIpc) is 2.82. The van der Waals surface area contributed by atoms with Crippen molar-refractivity contribution in [3.63, 3.8) is 0 Å². The van der Waals surface area contributed by atoms with Crippen LogP contribution in [0.2, 0.25) is 0 Å². The van der Waals surface area contributed by atoms with Gasteiger partial charge in [0.2, 0.25) is 0 Å².